The van der Waals surface area contributed by atoms with Gasteiger partial charge in [0.25, 0.3) is 0 Å². The van der Waals surface area contributed by atoms with Crippen molar-refractivity contribution in [3.63, 3.8) is 0 Å². The van der Waals surface area contributed by atoms with E-state index in [2.05, 4.69) is 69.9 Å². The van der Waals surface area contributed by atoms with E-state index >= 15 is 0 Å². The minimum atomic E-state index is 0. The van der Waals surface area contributed by atoms with Crippen molar-refractivity contribution < 1.29 is 0 Å². The second-order valence-corrected chi connectivity index (χ2v) is 6.62. The molecule has 1 aromatic carbocycles. The maximum atomic E-state index is 4.37. The number of rotatable bonds is 6. The van der Waals surface area contributed by atoms with Gasteiger partial charge in [-0.3, -0.25) is 9.98 Å². The molecule has 0 unspecified atom stereocenters. The first kappa shape index (κ1) is 21.8. The average Bonchev–Trinajstić information content (AvgIpc) is 2.61. The molecule has 0 aliphatic heterocycles. The second-order valence-electron chi connectivity index (χ2n) is 5.74. The Hall–Kier alpha value is -1.28. The normalized spacial score (nSPS) is 11.0. The largest absolute Gasteiger partial charge is 0.356 e. The van der Waals surface area contributed by atoms with Crippen molar-refractivity contribution in [2.24, 2.45) is 4.99 Å². The first-order valence-corrected chi connectivity index (χ1v) is 9.31. The van der Waals surface area contributed by atoms with Gasteiger partial charge in [0.05, 0.1) is 0 Å². The molecule has 6 heteroatoms. The van der Waals surface area contributed by atoms with Gasteiger partial charge in [0.2, 0.25) is 0 Å². The van der Waals surface area contributed by atoms with Crippen LogP contribution in [-0.4, -0.2) is 42.7 Å². The van der Waals surface area contributed by atoms with Gasteiger partial charge < -0.3 is 10.2 Å². The SMILES string of the molecule is CN=C(NCCc1ccc(C)nc1)N(C)Cc1ccc(SC)cc1.I. The summed E-state index contributed by atoms with van der Waals surface area (Å²) in [5.74, 6) is 0.906. The van der Waals surface area contributed by atoms with E-state index in [0.29, 0.717) is 0 Å². The number of nitrogens with zero attached hydrogens (tertiary/aromatic N) is 3. The molecule has 1 N–H and O–H groups in total. The molecule has 0 saturated heterocycles. The molecule has 0 atom stereocenters. The van der Waals surface area contributed by atoms with E-state index in [1.807, 2.05) is 20.2 Å². The Labute approximate surface area is 172 Å². The number of pyridine rings is 1. The molecule has 25 heavy (non-hydrogen) atoms. The van der Waals surface area contributed by atoms with Crippen molar-refractivity contribution in [1.82, 2.24) is 15.2 Å². The lowest BCUT2D eigenvalue weighted by atomic mass is 10.2. The monoisotopic (exact) mass is 470 g/mol. The molecule has 0 aliphatic carbocycles. The second kappa shape index (κ2) is 11.4. The van der Waals surface area contributed by atoms with Gasteiger partial charge in [-0.05, 0) is 48.9 Å². The number of hydrogen-bond donors (Lipinski definition) is 1. The molecule has 0 radical (unpaired) electrons. The number of benzene rings is 1. The zero-order chi connectivity index (χ0) is 17.4. The third-order valence-electron chi connectivity index (χ3n) is 3.82. The van der Waals surface area contributed by atoms with E-state index in [1.165, 1.54) is 16.0 Å². The molecule has 0 fully saturated rings. The number of aromatic nitrogens is 1. The van der Waals surface area contributed by atoms with Crippen molar-refractivity contribution in [1.29, 1.82) is 0 Å². The summed E-state index contributed by atoms with van der Waals surface area (Å²) in [6.07, 6.45) is 4.97. The lowest BCUT2D eigenvalue weighted by Crippen LogP contribution is -2.39. The number of halogens is 1. The number of aliphatic imine (C=N–C) groups is 1. The molecular formula is C19H27IN4S. The number of aryl methyl sites for hydroxylation is 1. The molecule has 0 bridgehead atoms. The van der Waals surface area contributed by atoms with Gasteiger partial charge >= 0.3 is 0 Å². The standard InChI is InChI=1S/C19H26N4S.HI/c1-15-5-6-16(13-22-15)11-12-21-19(20-2)23(3)14-17-7-9-18(24-4)10-8-17;/h5-10,13H,11-12,14H2,1-4H3,(H,20,21);1H. The van der Waals surface area contributed by atoms with Crippen LogP contribution in [0.4, 0.5) is 0 Å². The molecule has 0 spiro atoms. The third-order valence-corrected chi connectivity index (χ3v) is 4.57. The average molecular weight is 470 g/mol. The van der Waals surface area contributed by atoms with Gasteiger partial charge in [-0.25, -0.2) is 0 Å². The van der Waals surface area contributed by atoms with E-state index in [-0.39, 0.29) is 24.0 Å². The van der Waals surface area contributed by atoms with Crippen LogP contribution in [0.2, 0.25) is 0 Å². The van der Waals surface area contributed by atoms with Crippen LogP contribution in [0.25, 0.3) is 0 Å². The summed E-state index contributed by atoms with van der Waals surface area (Å²) in [5, 5.41) is 3.42. The van der Waals surface area contributed by atoms with Gasteiger partial charge in [-0.2, -0.15) is 0 Å². The van der Waals surface area contributed by atoms with Crippen molar-refractivity contribution in [2.45, 2.75) is 24.8 Å². The smallest absolute Gasteiger partial charge is 0.193 e. The van der Waals surface area contributed by atoms with Crippen molar-refractivity contribution in [3.8, 4) is 0 Å². The summed E-state index contributed by atoms with van der Waals surface area (Å²) in [4.78, 5) is 12.1. The van der Waals surface area contributed by atoms with Crippen LogP contribution in [0, 0.1) is 6.92 Å². The minimum absolute atomic E-state index is 0. The van der Waals surface area contributed by atoms with Gasteiger partial charge in [-0.1, -0.05) is 18.2 Å². The summed E-state index contributed by atoms with van der Waals surface area (Å²) in [6, 6.07) is 12.8. The fraction of sp³-hybridized carbons (Fsp3) is 0.368. The Morgan fingerprint density at radius 1 is 1.16 bits per heavy atom. The van der Waals surface area contributed by atoms with Crippen molar-refractivity contribution in [3.05, 3.63) is 59.4 Å². The summed E-state index contributed by atoms with van der Waals surface area (Å²) in [5.41, 5.74) is 3.56. The van der Waals surface area contributed by atoms with Gasteiger partial charge in [0, 0.05) is 44.0 Å². The molecule has 1 aromatic heterocycles. The van der Waals surface area contributed by atoms with E-state index < -0.39 is 0 Å². The Morgan fingerprint density at radius 3 is 2.40 bits per heavy atom. The van der Waals surface area contributed by atoms with E-state index in [9.17, 15) is 0 Å². The fourth-order valence-electron chi connectivity index (χ4n) is 2.43. The molecule has 0 amide bonds. The van der Waals surface area contributed by atoms with Crippen LogP contribution in [0.1, 0.15) is 16.8 Å². The van der Waals surface area contributed by atoms with Crippen LogP contribution < -0.4 is 5.32 Å². The van der Waals surface area contributed by atoms with Gasteiger partial charge in [0.1, 0.15) is 0 Å². The maximum Gasteiger partial charge on any atom is 0.193 e. The Balaban J connectivity index is 0.00000312. The lowest BCUT2D eigenvalue weighted by Gasteiger charge is -2.22. The fourth-order valence-corrected chi connectivity index (χ4v) is 2.84. The van der Waals surface area contributed by atoms with Crippen LogP contribution >= 0.6 is 35.7 Å². The molecule has 2 rings (SSSR count). The predicted octanol–water partition coefficient (Wildman–Crippen LogP) is 3.98. The Morgan fingerprint density at radius 2 is 1.84 bits per heavy atom. The summed E-state index contributed by atoms with van der Waals surface area (Å²) in [6.45, 7) is 3.68. The zero-order valence-electron chi connectivity index (χ0n) is 15.3. The first-order valence-electron chi connectivity index (χ1n) is 8.08. The molecule has 1 heterocycles. The molecular weight excluding hydrogens is 443 g/mol. The first-order chi connectivity index (χ1) is 11.6. The molecule has 0 aliphatic rings. The van der Waals surface area contributed by atoms with Crippen molar-refractivity contribution >= 4 is 41.7 Å². The molecule has 4 nitrogen and oxygen atoms in total. The van der Waals surface area contributed by atoms with E-state index in [0.717, 1.165) is 31.2 Å². The minimum Gasteiger partial charge on any atom is -0.356 e. The van der Waals surface area contributed by atoms with Crippen LogP contribution in [-0.2, 0) is 13.0 Å². The highest BCUT2D eigenvalue weighted by molar-refractivity contribution is 14.0. The highest BCUT2D eigenvalue weighted by atomic mass is 127. The summed E-state index contributed by atoms with van der Waals surface area (Å²) >= 11 is 1.76. The van der Waals surface area contributed by atoms with Crippen LogP contribution in [0.3, 0.4) is 0 Å². The summed E-state index contributed by atoms with van der Waals surface area (Å²) in [7, 11) is 3.88. The van der Waals surface area contributed by atoms with Gasteiger partial charge in [0.15, 0.2) is 5.96 Å². The number of guanidine groups is 1. The summed E-state index contributed by atoms with van der Waals surface area (Å²) < 4.78 is 0. The zero-order valence-corrected chi connectivity index (χ0v) is 18.5. The van der Waals surface area contributed by atoms with Crippen molar-refractivity contribution in [2.75, 3.05) is 26.9 Å². The van der Waals surface area contributed by atoms with Crippen LogP contribution in [0.5, 0.6) is 0 Å². The van der Waals surface area contributed by atoms with Crippen LogP contribution in [0.15, 0.2) is 52.5 Å². The topological polar surface area (TPSA) is 40.5 Å². The predicted molar refractivity (Wildman–Crippen MR) is 119 cm³/mol. The molecule has 0 saturated carbocycles. The Kier molecular flexibility index (Phi) is 9.89. The highest BCUT2D eigenvalue weighted by Gasteiger charge is 2.06. The maximum absolute atomic E-state index is 4.37. The lowest BCUT2D eigenvalue weighted by molar-refractivity contribution is 0.477. The third kappa shape index (κ3) is 7.23. The van der Waals surface area contributed by atoms with E-state index in [4.69, 9.17) is 0 Å². The number of nitrogens with one attached hydrogen (secondary N) is 1. The van der Waals surface area contributed by atoms with E-state index in [1.54, 1.807) is 11.8 Å². The Bertz CT molecular complexity index is 656. The molecule has 2 aromatic rings. The quantitative estimate of drug-likeness (QED) is 0.300. The number of thioether (sulfide) groups is 1. The number of hydrogen-bond acceptors (Lipinski definition) is 3. The molecule has 136 valence electrons. The van der Waals surface area contributed by atoms with Gasteiger partial charge in [-0.15, -0.1) is 35.7 Å². The highest BCUT2D eigenvalue weighted by Crippen LogP contribution is 2.15.